The van der Waals surface area contributed by atoms with Crippen molar-refractivity contribution < 1.29 is 19.0 Å². The first kappa shape index (κ1) is 16.4. The third-order valence-electron chi connectivity index (χ3n) is 3.11. The van der Waals surface area contributed by atoms with E-state index in [2.05, 4.69) is 11.9 Å². The summed E-state index contributed by atoms with van der Waals surface area (Å²) in [4.78, 5) is 12.4. The fraction of sp³-hybridized carbons (Fsp3) is 0.167. The van der Waals surface area contributed by atoms with Crippen molar-refractivity contribution in [1.29, 1.82) is 0 Å². The van der Waals surface area contributed by atoms with Gasteiger partial charge in [-0.2, -0.15) is 0 Å². The minimum absolute atomic E-state index is 0.273. The lowest BCUT2D eigenvalue weighted by Gasteiger charge is -2.11. The van der Waals surface area contributed by atoms with Gasteiger partial charge in [0, 0.05) is 17.8 Å². The second-order valence-electron chi connectivity index (χ2n) is 4.65. The van der Waals surface area contributed by atoms with Gasteiger partial charge in [0.15, 0.2) is 0 Å². The van der Waals surface area contributed by atoms with E-state index in [-0.39, 0.29) is 5.91 Å². The molecule has 0 unspecified atom stereocenters. The van der Waals surface area contributed by atoms with Crippen LogP contribution in [0.4, 0.5) is 5.69 Å². The molecule has 1 N–H and O–H groups in total. The van der Waals surface area contributed by atoms with Crippen molar-refractivity contribution in [3.8, 4) is 17.2 Å². The average Bonchev–Trinajstić information content (AvgIpc) is 2.59. The number of carbonyl (C=O) groups is 1. The number of ether oxygens (including phenoxy) is 3. The Bertz CT molecular complexity index is 697. The van der Waals surface area contributed by atoms with Crippen LogP contribution in [0.15, 0.2) is 55.1 Å². The quantitative estimate of drug-likeness (QED) is 0.795. The van der Waals surface area contributed by atoms with Crippen molar-refractivity contribution in [3.63, 3.8) is 0 Å². The van der Waals surface area contributed by atoms with Gasteiger partial charge in [-0.3, -0.25) is 4.79 Å². The van der Waals surface area contributed by atoms with Crippen molar-refractivity contribution in [2.24, 2.45) is 0 Å². The maximum atomic E-state index is 12.4. The van der Waals surface area contributed by atoms with Crippen LogP contribution in [0.1, 0.15) is 10.4 Å². The number of benzene rings is 2. The molecule has 5 heteroatoms. The SMILES string of the molecule is C=CCOc1cccc(NC(=O)c2ccc(OC)cc2OC)c1. The first-order valence-corrected chi connectivity index (χ1v) is 7.05. The molecule has 23 heavy (non-hydrogen) atoms. The molecule has 0 fully saturated rings. The molecular weight excluding hydrogens is 294 g/mol. The summed E-state index contributed by atoms with van der Waals surface area (Å²) in [5.41, 5.74) is 1.06. The number of anilines is 1. The van der Waals surface area contributed by atoms with Crippen molar-refractivity contribution in [3.05, 3.63) is 60.7 Å². The zero-order valence-corrected chi connectivity index (χ0v) is 13.2. The number of carbonyl (C=O) groups excluding carboxylic acids is 1. The van der Waals surface area contributed by atoms with Crippen LogP contribution in [-0.2, 0) is 0 Å². The molecule has 2 aromatic rings. The fourth-order valence-corrected chi connectivity index (χ4v) is 2.00. The number of hydrogen-bond donors (Lipinski definition) is 1. The van der Waals surface area contributed by atoms with E-state index >= 15 is 0 Å². The van der Waals surface area contributed by atoms with Gasteiger partial charge in [0.05, 0.1) is 19.8 Å². The molecule has 0 atom stereocenters. The van der Waals surface area contributed by atoms with Crippen LogP contribution in [-0.4, -0.2) is 26.7 Å². The minimum atomic E-state index is -0.273. The van der Waals surface area contributed by atoms with E-state index in [1.54, 1.807) is 49.6 Å². The maximum Gasteiger partial charge on any atom is 0.259 e. The smallest absolute Gasteiger partial charge is 0.259 e. The van der Waals surface area contributed by atoms with Crippen molar-refractivity contribution in [2.45, 2.75) is 0 Å². The monoisotopic (exact) mass is 313 g/mol. The molecule has 120 valence electrons. The molecule has 0 aliphatic heterocycles. The Balaban J connectivity index is 2.17. The summed E-state index contributed by atoms with van der Waals surface area (Å²) in [5.74, 6) is 1.45. The van der Waals surface area contributed by atoms with Gasteiger partial charge < -0.3 is 19.5 Å². The van der Waals surface area contributed by atoms with Crippen LogP contribution in [0.25, 0.3) is 0 Å². The van der Waals surface area contributed by atoms with Crippen LogP contribution in [0.3, 0.4) is 0 Å². The van der Waals surface area contributed by atoms with Gasteiger partial charge in [-0.05, 0) is 24.3 Å². The van der Waals surface area contributed by atoms with E-state index < -0.39 is 0 Å². The third-order valence-corrected chi connectivity index (χ3v) is 3.11. The number of nitrogens with one attached hydrogen (secondary N) is 1. The standard InChI is InChI=1S/C18H19NO4/c1-4-10-23-15-7-5-6-13(11-15)19-18(20)16-9-8-14(21-2)12-17(16)22-3/h4-9,11-12H,1,10H2,2-3H3,(H,19,20). The van der Waals surface area contributed by atoms with Crippen LogP contribution in [0.2, 0.25) is 0 Å². The van der Waals surface area contributed by atoms with Gasteiger partial charge in [0.1, 0.15) is 23.9 Å². The maximum absolute atomic E-state index is 12.4. The summed E-state index contributed by atoms with van der Waals surface area (Å²) in [5, 5.41) is 2.82. The summed E-state index contributed by atoms with van der Waals surface area (Å²) in [6, 6.07) is 12.2. The second kappa shape index (κ2) is 7.89. The van der Waals surface area contributed by atoms with Crippen molar-refractivity contribution >= 4 is 11.6 Å². The van der Waals surface area contributed by atoms with E-state index in [1.807, 2.05) is 6.07 Å². The molecule has 0 saturated heterocycles. The Hall–Kier alpha value is -2.95. The highest BCUT2D eigenvalue weighted by molar-refractivity contribution is 6.06. The second-order valence-corrected chi connectivity index (χ2v) is 4.65. The lowest BCUT2D eigenvalue weighted by Crippen LogP contribution is -2.13. The number of methoxy groups -OCH3 is 2. The molecule has 5 nitrogen and oxygen atoms in total. The first-order chi connectivity index (χ1) is 11.2. The summed E-state index contributed by atoms with van der Waals surface area (Å²) in [6.07, 6.45) is 1.66. The molecule has 0 bridgehead atoms. The van der Waals surface area contributed by atoms with Crippen molar-refractivity contribution in [2.75, 3.05) is 26.1 Å². The Morgan fingerprint density at radius 2 is 1.96 bits per heavy atom. The topological polar surface area (TPSA) is 56.8 Å². The lowest BCUT2D eigenvalue weighted by atomic mass is 10.1. The molecule has 1 amide bonds. The predicted octanol–water partition coefficient (Wildman–Crippen LogP) is 3.52. The van der Waals surface area contributed by atoms with Crippen molar-refractivity contribution in [1.82, 2.24) is 0 Å². The molecule has 0 aliphatic carbocycles. The number of rotatable bonds is 7. The van der Waals surface area contributed by atoms with Crippen LogP contribution in [0, 0.1) is 0 Å². The summed E-state index contributed by atoms with van der Waals surface area (Å²) in [6.45, 7) is 4.01. The number of hydrogen-bond acceptors (Lipinski definition) is 4. The third kappa shape index (κ3) is 4.26. The Kier molecular flexibility index (Phi) is 5.63. The molecule has 0 saturated carbocycles. The highest BCUT2D eigenvalue weighted by Crippen LogP contribution is 2.26. The van der Waals surface area contributed by atoms with E-state index in [4.69, 9.17) is 14.2 Å². The molecule has 2 aromatic carbocycles. The molecule has 0 aliphatic rings. The van der Waals surface area contributed by atoms with Crippen LogP contribution in [0.5, 0.6) is 17.2 Å². The molecular formula is C18H19NO4. The summed E-state index contributed by atoms with van der Waals surface area (Å²) < 4.78 is 15.8. The summed E-state index contributed by atoms with van der Waals surface area (Å²) >= 11 is 0. The molecule has 2 rings (SSSR count). The minimum Gasteiger partial charge on any atom is -0.497 e. The van der Waals surface area contributed by atoms with E-state index in [0.29, 0.717) is 35.1 Å². The Morgan fingerprint density at radius 3 is 2.65 bits per heavy atom. The van der Waals surface area contributed by atoms with E-state index in [9.17, 15) is 4.79 Å². The number of amides is 1. The van der Waals surface area contributed by atoms with Gasteiger partial charge in [-0.15, -0.1) is 0 Å². The molecule has 0 radical (unpaired) electrons. The van der Waals surface area contributed by atoms with Gasteiger partial charge in [-0.1, -0.05) is 18.7 Å². The molecule has 0 heterocycles. The normalized spacial score (nSPS) is 9.83. The van der Waals surface area contributed by atoms with Crippen LogP contribution >= 0.6 is 0 Å². The van der Waals surface area contributed by atoms with Gasteiger partial charge in [0.2, 0.25) is 0 Å². The predicted molar refractivity (Wildman–Crippen MR) is 89.6 cm³/mol. The summed E-state index contributed by atoms with van der Waals surface area (Å²) in [7, 11) is 3.07. The Labute approximate surface area is 135 Å². The zero-order chi connectivity index (χ0) is 16.7. The Morgan fingerprint density at radius 1 is 1.13 bits per heavy atom. The van der Waals surface area contributed by atoms with Gasteiger partial charge in [0.25, 0.3) is 5.91 Å². The van der Waals surface area contributed by atoms with Gasteiger partial charge in [-0.25, -0.2) is 0 Å². The lowest BCUT2D eigenvalue weighted by molar-refractivity contribution is 0.102. The van der Waals surface area contributed by atoms with E-state index in [0.717, 1.165) is 0 Å². The zero-order valence-electron chi connectivity index (χ0n) is 13.2. The fourth-order valence-electron chi connectivity index (χ4n) is 2.00. The highest BCUT2D eigenvalue weighted by Gasteiger charge is 2.13. The molecule has 0 aromatic heterocycles. The largest absolute Gasteiger partial charge is 0.497 e. The molecule has 0 spiro atoms. The van der Waals surface area contributed by atoms with Crippen LogP contribution < -0.4 is 19.5 Å². The highest BCUT2D eigenvalue weighted by atomic mass is 16.5. The average molecular weight is 313 g/mol. The van der Waals surface area contributed by atoms with Gasteiger partial charge >= 0.3 is 0 Å². The van der Waals surface area contributed by atoms with E-state index in [1.165, 1.54) is 7.11 Å². The first-order valence-electron chi connectivity index (χ1n) is 7.05.